The number of pyridine rings is 1. The van der Waals surface area contributed by atoms with Gasteiger partial charge in [-0.15, -0.1) is 0 Å². The van der Waals surface area contributed by atoms with Crippen LogP contribution in [0, 0.1) is 0 Å². The molecule has 122 valence electrons. The van der Waals surface area contributed by atoms with Crippen LogP contribution in [0.25, 0.3) is 0 Å². The number of hydrogen-bond acceptors (Lipinski definition) is 4. The van der Waals surface area contributed by atoms with Gasteiger partial charge in [-0.2, -0.15) is 0 Å². The van der Waals surface area contributed by atoms with Gasteiger partial charge in [0.15, 0.2) is 0 Å². The first-order valence-electron chi connectivity index (χ1n) is 8.18. The lowest BCUT2D eigenvalue weighted by molar-refractivity contribution is -0.134. The minimum atomic E-state index is 0.0562. The Labute approximate surface area is 132 Å². The maximum absolute atomic E-state index is 12.5. The molecule has 5 heteroatoms. The zero-order valence-corrected chi connectivity index (χ0v) is 13.4. The van der Waals surface area contributed by atoms with Crippen LogP contribution in [0.2, 0.25) is 0 Å². The van der Waals surface area contributed by atoms with Crippen molar-refractivity contribution in [1.29, 1.82) is 0 Å². The second-order valence-electron chi connectivity index (χ2n) is 6.09. The van der Waals surface area contributed by atoms with Crippen LogP contribution in [0.3, 0.4) is 0 Å². The Morgan fingerprint density at radius 3 is 2.77 bits per heavy atom. The van der Waals surface area contributed by atoms with Crippen molar-refractivity contribution < 1.29 is 9.90 Å². The molecule has 22 heavy (non-hydrogen) atoms. The van der Waals surface area contributed by atoms with E-state index in [0.29, 0.717) is 25.7 Å². The van der Waals surface area contributed by atoms with Crippen molar-refractivity contribution in [2.24, 2.45) is 0 Å². The van der Waals surface area contributed by atoms with Gasteiger partial charge in [-0.05, 0) is 24.5 Å². The zero-order valence-electron chi connectivity index (χ0n) is 13.4. The summed E-state index contributed by atoms with van der Waals surface area (Å²) < 4.78 is 0. The summed E-state index contributed by atoms with van der Waals surface area (Å²) in [6.07, 6.45) is 9.50. The smallest absolute Gasteiger partial charge is 0.236 e. The Balaban J connectivity index is 1.90. The van der Waals surface area contributed by atoms with Gasteiger partial charge < -0.3 is 10.0 Å². The average Bonchev–Trinajstić information content (AvgIpc) is 2.56. The number of carbonyl (C=O) groups excluding carboxylic acids is 1. The Morgan fingerprint density at radius 2 is 2.14 bits per heavy atom. The van der Waals surface area contributed by atoms with E-state index in [-0.39, 0.29) is 12.5 Å². The van der Waals surface area contributed by atoms with E-state index in [1.807, 2.05) is 29.0 Å². The molecule has 0 aromatic carbocycles. The summed E-state index contributed by atoms with van der Waals surface area (Å²) in [4.78, 5) is 20.5. The number of aliphatic hydroxyl groups is 1. The lowest BCUT2D eigenvalue weighted by Crippen LogP contribution is -2.44. The highest BCUT2D eigenvalue weighted by molar-refractivity contribution is 5.78. The van der Waals surface area contributed by atoms with Crippen molar-refractivity contribution in [3.8, 4) is 0 Å². The lowest BCUT2D eigenvalue weighted by atomic mass is 9.94. The summed E-state index contributed by atoms with van der Waals surface area (Å²) in [7, 11) is 1.92. The maximum Gasteiger partial charge on any atom is 0.236 e. The van der Waals surface area contributed by atoms with Gasteiger partial charge in [-0.25, -0.2) is 0 Å². The fourth-order valence-electron chi connectivity index (χ4n) is 3.08. The van der Waals surface area contributed by atoms with Crippen LogP contribution in [0.4, 0.5) is 0 Å². The van der Waals surface area contributed by atoms with E-state index in [1.54, 1.807) is 12.4 Å². The van der Waals surface area contributed by atoms with E-state index in [0.717, 1.165) is 18.4 Å². The molecular weight excluding hydrogens is 278 g/mol. The Kier molecular flexibility index (Phi) is 6.80. The van der Waals surface area contributed by atoms with Crippen LogP contribution < -0.4 is 0 Å². The van der Waals surface area contributed by atoms with Crippen molar-refractivity contribution in [1.82, 2.24) is 14.8 Å². The van der Waals surface area contributed by atoms with E-state index in [1.165, 1.54) is 19.3 Å². The summed E-state index contributed by atoms with van der Waals surface area (Å²) in [5.74, 6) is 0.143. The molecule has 2 rings (SSSR count). The highest BCUT2D eigenvalue weighted by atomic mass is 16.3. The molecule has 0 saturated heterocycles. The van der Waals surface area contributed by atoms with Gasteiger partial charge in [0, 0.05) is 38.6 Å². The normalized spacial score (nSPS) is 16.0. The largest absolute Gasteiger partial charge is 0.395 e. The minimum absolute atomic E-state index is 0.0562. The van der Waals surface area contributed by atoms with E-state index in [9.17, 15) is 9.90 Å². The number of rotatable bonds is 7. The quantitative estimate of drug-likeness (QED) is 0.832. The molecule has 0 aliphatic heterocycles. The van der Waals surface area contributed by atoms with Crippen LogP contribution in [-0.2, 0) is 11.3 Å². The fourth-order valence-corrected chi connectivity index (χ4v) is 3.08. The summed E-state index contributed by atoms with van der Waals surface area (Å²) in [6.45, 7) is 1.54. The molecule has 0 unspecified atom stereocenters. The van der Waals surface area contributed by atoms with Gasteiger partial charge in [0.2, 0.25) is 5.91 Å². The molecule has 1 N–H and O–H groups in total. The van der Waals surface area contributed by atoms with Crippen molar-refractivity contribution in [2.45, 2.75) is 44.7 Å². The molecule has 0 spiro atoms. The predicted octanol–water partition coefficient (Wildman–Crippen LogP) is 1.67. The van der Waals surface area contributed by atoms with E-state index in [2.05, 4.69) is 4.98 Å². The second-order valence-corrected chi connectivity index (χ2v) is 6.09. The third-order valence-corrected chi connectivity index (χ3v) is 4.42. The summed E-state index contributed by atoms with van der Waals surface area (Å²) in [5, 5.41) is 9.23. The van der Waals surface area contributed by atoms with E-state index < -0.39 is 0 Å². The van der Waals surface area contributed by atoms with E-state index >= 15 is 0 Å². The molecule has 0 bridgehead atoms. The Morgan fingerprint density at radius 1 is 1.36 bits per heavy atom. The highest BCUT2D eigenvalue weighted by Crippen LogP contribution is 2.21. The second kappa shape index (κ2) is 8.86. The van der Waals surface area contributed by atoms with Crippen molar-refractivity contribution in [2.75, 3.05) is 26.7 Å². The number of likely N-dealkylation sites (N-methyl/N-ethyl adjacent to an activating group) is 1. The van der Waals surface area contributed by atoms with E-state index in [4.69, 9.17) is 0 Å². The standard InChI is InChI=1S/C17H27N3O2/c1-19(16-7-3-2-4-8-16)17(22)14-20(10-11-21)13-15-6-5-9-18-12-15/h5-6,9,12,16,21H,2-4,7-8,10-11,13-14H2,1H3. The molecule has 1 aromatic rings. The number of amides is 1. The third-order valence-electron chi connectivity index (χ3n) is 4.42. The number of hydrogen-bond donors (Lipinski definition) is 1. The van der Waals surface area contributed by atoms with Crippen LogP contribution >= 0.6 is 0 Å². The van der Waals surface area contributed by atoms with Crippen LogP contribution in [-0.4, -0.2) is 58.6 Å². The van der Waals surface area contributed by atoms with Crippen LogP contribution in [0.15, 0.2) is 24.5 Å². The first kappa shape index (κ1) is 16.9. The summed E-state index contributed by atoms with van der Waals surface area (Å²) in [5.41, 5.74) is 1.06. The fraction of sp³-hybridized carbons (Fsp3) is 0.647. The van der Waals surface area contributed by atoms with Crippen molar-refractivity contribution >= 4 is 5.91 Å². The molecule has 1 aliphatic rings. The molecule has 1 amide bonds. The van der Waals surface area contributed by atoms with Crippen molar-refractivity contribution in [3.05, 3.63) is 30.1 Å². The van der Waals surface area contributed by atoms with Crippen LogP contribution in [0.5, 0.6) is 0 Å². The van der Waals surface area contributed by atoms with Gasteiger partial charge in [0.25, 0.3) is 0 Å². The Bertz CT molecular complexity index is 446. The number of aliphatic hydroxyl groups excluding tert-OH is 1. The predicted molar refractivity (Wildman–Crippen MR) is 86.2 cm³/mol. The number of aromatic nitrogens is 1. The molecule has 5 nitrogen and oxygen atoms in total. The van der Waals surface area contributed by atoms with Gasteiger partial charge in [-0.1, -0.05) is 25.3 Å². The molecule has 1 fully saturated rings. The molecule has 1 saturated carbocycles. The van der Waals surface area contributed by atoms with Gasteiger partial charge in [-0.3, -0.25) is 14.7 Å². The first-order chi connectivity index (χ1) is 10.7. The lowest BCUT2D eigenvalue weighted by Gasteiger charge is -2.33. The number of carbonyl (C=O) groups is 1. The summed E-state index contributed by atoms with van der Waals surface area (Å²) >= 11 is 0. The molecule has 1 aromatic heterocycles. The molecule has 0 atom stereocenters. The minimum Gasteiger partial charge on any atom is -0.395 e. The summed E-state index contributed by atoms with van der Waals surface area (Å²) in [6, 6.07) is 4.27. The highest BCUT2D eigenvalue weighted by Gasteiger charge is 2.23. The Hall–Kier alpha value is -1.46. The molecule has 0 radical (unpaired) electrons. The maximum atomic E-state index is 12.5. The third kappa shape index (κ3) is 5.07. The SMILES string of the molecule is CN(C(=O)CN(CCO)Cc1cccnc1)C1CCCCC1. The van der Waals surface area contributed by atoms with Gasteiger partial charge >= 0.3 is 0 Å². The number of nitrogens with zero attached hydrogens (tertiary/aromatic N) is 3. The molecule has 1 aliphatic carbocycles. The molecular formula is C17H27N3O2. The van der Waals surface area contributed by atoms with Crippen LogP contribution in [0.1, 0.15) is 37.7 Å². The molecule has 1 heterocycles. The van der Waals surface area contributed by atoms with Gasteiger partial charge in [0.1, 0.15) is 0 Å². The first-order valence-corrected chi connectivity index (χ1v) is 8.18. The topological polar surface area (TPSA) is 56.7 Å². The van der Waals surface area contributed by atoms with Gasteiger partial charge in [0.05, 0.1) is 13.2 Å². The monoisotopic (exact) mass is 305 g/mol. The van der Waals surface area contributed by atoms with Crippen molar-refractivity contribution in [3.63, 3.8) is 0 Å². The average molecular weight is 305 g/mol. The zero-order chi connectivity index (χ0) is 15.8.